The van der Waals surface area contributed by atoms with Gasteiger partial charge in [0.05, 0.1) is 6.54 Å². The molecule has 2 amide bonds. The zero-order valence-electron chi connectivity index (χ0n) is 15.4. The molecule has 2 rings (SSSR count). The van der Waals surface area contributed by atoms with Gasteiger partial charge in [0.2, 0.25) is 5.91 Å². The van der Waals surface area contributed by atoms with Crippen molar-refractivity contribution in [3.63, 3.8) is 0 Å². The smallest absolute Gasteiger partial charge is 0.251 e. The van der Waals surface area contributed by atoms with Crippen molar-refractivity contribution in [2.45, 2.75) is 13.8 Å². The summed E-state index contributed by atoms with van der Waals surface area (Å²) in [5, 5.41) is 5.07. The van der Waals surface area contributed by atoms with Crippen LogP contribution in [0.1, 0.15) is 22.8 Å². The Bertz CT molecular complexity index is 791. The summed E-state index contributed by atoms with van der Waals surface area (Å²) in [4.78, 5) is 25.9. The van der Waals surface area contributed by atoms with E-state index in [0.717, 1.165) is 29.9 Å². The van der Waals surface area contributed by atoms with Crippen molar-refractivity contribution in [3.8, 4) is 0 Å². The van der Waals surface area contributed by atoms with Crippen LogP contribution < -0.4 is 15.5 Å². The van der Waals surface area contributed by atoms with Gasteiger partial charge in [0.15, 0.2) is 0 Å². The van der Waals surface area contributed by atoms with E-state index in [0.29, 0.717) is 19.2 Å². The normalized spacial score (nSPS) is 10.4. The molecule has 0 aromatic heterocycles. The first-order chi connectivity index (χ1) is 12.9. The molecule has 0 heterocycles. The predicted molar refractivity (Wildman–Crippen MR) is 101 cm³/mol. The number of amides is 2. The first-order valence-electron chi connectivity index (χ1n) is 8.72. The molecule has 5 nitrogen and oxygen atoms in total. The number of hydrogen-bond acceptors (Lipinski definition) is 3. The van der Waals surface area contributed by atoms with Gasteiger partial charge in [-0.3, -0.25) is 9.59 Å². The topological polar surface area (TPSA) is 61.4 Å². The maximum absolute atomic E-state index is 13.1. The van der Waals surface area contributed by atoms with Gasteiger partial charge in [-0.1, -0.05) is 18.2 Å². The molecule has 0 radical (unpaired) electrons. The summed E-state index contributed by atoms with van der Waals surface area (Å²) in [6.07, 6.45) is 0. The Morgan fingerprint density at radius 1 is 1.04 bits per heavy atom. The highest BCUT2D eigenvalue weighted by Gasteiger charge is 2.11. The molecule has 0 aliphatic rings. The molecule has 0 spiro atoms. The van der Waals surface area contributed by atoms with Crippen molar-refractivity contribution in [3.05, 3.63) is 65.2 Å². The van der Waals surface area contributed by atoms with Crippen LogP contribution in [-0.2, 0) is 4.79 Å². The molecular weight excluding hydrogens is 352 g/mol. The fraction of sp³-hybridized carbons (Fsp3) is 0.300. The Balaban J connectivity index is 1.79. The summed E-state index contributed by atoms with van der Waals surface area (Å²) >= 11 is 0. The number of likely N-dealkylation sites (N-methyl/N-ethyl adjacent to an activating group) is 1. The molecule has 27 heavy (non-hydrogen) atoms. The molecule has 2 aromatic carbocycles. The van der Waals surface area contributed by atoms with Gasteiger partial charge in [-0.25, -0.2) is 8.78 Å². The van der Waals surface area contributed by atoms with E-state index < -0.39 is 17.5 Å². The first kappa shape index (κ1) is 20.4. The minimum atomic E-state index is -0.847. The monoisotopic (exact) mass is 375 g/mol. The van der Waals surface area contributed by atoms with Gasteiger partial charge in [-0.2, -0.15) is 0 Å². The number of rotatable bonds is 8. The number of nitrogens with one attached hydrogen (secondary N) is 2. The maximum atomic E-state index is 13.1. The Morgan fingerprint density at radius 2 is 1.70 bits per heavy atom. The van der Waals surface area contributed by atoms with E-state index in [1.165, 1.54) is 0 Å². The highest BCUT2D eigenvalue weighted by molar-refractivity contribution is 5.96. The molecule has 0 aliphatic heterocycles. The number of halogens is 2. The lowest BCUT2D eigenvalue weighted by Gasteiger charge is -2.25. The molecule has 2 aromatic rings. The minimum Gasteiger partial charge on any atom is -0.370 e. The predicted octanol–water partition coefficient (Wildman–Crippen LogP) is 2.65. The lowest BCUT2D eigenvalue weighted by molar-refractivity contribution is -0.120. The third-order valence-corrected chi connectivity index (χ3v) is 4.08. The summed E-state index contributed by atoms with van der Waals surface area (Å²) in [7, 11) is 0. The van der Waals surface area contributed by atoms with Crippen LogP contribution >= 0.6 is 0 Å². The van der Waals surface area contributed by atoms with Crippen molar-refractivity contribution >= 4 is 17.5 Å². The third-order valence-electron chi connectivity index (χ3n) is 4.08. The van der Waals surface area contributed by atoms with Gasteiger partial charge in [0.25, 0.3) is 5.91 Å². The minimum absolute atomic E-state index is 0.169. The van der Waals surface area contributed by atoms with Crippen LogP contribution in [-0.4, -0.2) is 38.0 Å². The average molecular weight is 375 g/mol. The highest BCUT2D eigenvalue weighted by atomic mass is 19.1. The largest absolute Gasteiger partial charge is 0.370 e. The highest BCUT2D eigenvalue weighted by Crippen LogP contribution is 2.18. The molecule has 0 aliphatic carbocycles. The van der Waals surface area contributed by atoms with Crippen molar-refractivity contribution in [1.82, 2.24) is 10.6 Å². The van der Waals surface area contributed by atoms with E-state index in [-0.39, 0.29) is 18.0 Å². The van der Waals surface area contributed by atoms with Crippen molar-refractivity contribution in [1.29, 1.82) is 0 Å². The van der Waals surface area contributed by atoms with Crippen molar-refractivity contribution < 1.29 is 18.4 Å². The molecule has 2 N–H and O–H groups in total. The SMILES string of the molecule is CCN(CCNC(=O)CNC(=O)c1cc(F)cc(F)c1)c1ccccc1C. The molecule has 0 atom stereocenters. The van der Waals surface area contributed by atoms with Crippen LogP contribution in [0.4, 0.5) is 14.5 Å². The first-order valence-corrected chi connectivity index (χ1v) is 8.72. The second-order valence-corrected chi connectivity index (χ2v) is 6.06. The second kappa shape index (κ2) is 9.66. The lowest BCUT2D eigenvalue weighted by Crippen LogP contribution is -2.40. The van der Waals surface area contributed by atoms with E-state index in [2.05, 4.69) is 15.5 Å². The number of anilines is 1. The summed E-state index contributed by atoms with van der Waals surface area (Å²) in [6.45, 7) is 5.62. The summed E-state index contributed by atoms with van der Waals surface area (Å²) in [5.41, 5.74) is 2.09. The van der Waals surface area contributed by atoms with Crippen molar-refractivity contribution in [2.75, 3.05) is 31.1 Å². The van der Waals surface area contributed by atoms with Gasteiger partial charge >= 0.3 is 0 Å². The number of hydrogen-bond donors (Lipinski definition) is 2. The fourth-order valence-electron chi connectivity index (χ4n) is 2.71. The Labute approximate surface area is 157 Å². The molecule has 144 valence electrons. The molecule has 0 saturated heterocycles. The molecule has 0 bridgehead atoms. The summed E-state index contributed by atoms with van der Waals surface area (Å²) in [6, 6.07) is 10.5. The molecule has 0 fully saturated rings. The van der Waals surface area contributed by atoms with Crippen LogP contribution in [0.25, 0.3) is 0 Å². The maximum Gasteiger partial charge on any atom is 0.251 e. The number of aryl methyl sites for hydroxylation is 1. The van der Waals surface area contributed by atoms with E-state index >= 15 is 0 Å². The second-order valence-electron chi connectivity index (χ2n) is 6.06. The quantitative estimate of drug-likeness (QED) is 0.746. The lowest BCUT2D eigenvalue weighted by atomic mass is 10.2. The molecule has 7 heteroatoms. The molecular formula is C20H23F2N3O2. The third kappa shape index (κ3) is 6.06. The zero-order valence-corrected chi connectivity index (χ0v) is 15.4. The van der Waals surface area contributed by atoms with E-state index in [1.807, 2.05) is 38.1 Å². The number of para-hydroxylation sites is 1. The number of nitrogens with zero attached hydrogens (tertiary/aromatic N) is 1. The Kier molecular flexibility index (Phi) is 7.28. The van der Waals surface area contributed by atoms with Gasteiger partial charge in [-0.05, 0) is 37.6 Å². The summed E-state index contributed by atoms with van der Waals surface area (Å²) < 4.78 is 26.3. The van der Waals surface area contributed by atoms with Crippen LogP contribution in [0, 0.1) is 18.6 Å². The standard InChI is InChI=1S/C20H23F2N3O2/c1-3-25(18-7-5-4-6-14(18)2)9-8-23-19(26)13-24-20(27)15-10-16(21)12-17(22)11-15/h4-7,10-12H,3,8-9,13H2,1-2H3,(H,23,26)(H,24,27). The molecule has 0 unspecified atom stereocenters. The zero-order chi connectivity index (χ0) is 19.8. The van der Waals surface area contributed by atoms with Crippen LogP contribution in [0.15, 0.2) is 42.5 Å². The van der Waals surface area contributed by atoms with Gasteiger partial charge in [-0.15, -0.1) is 0 Å². The fourth-order valence-corrected chi connectivity index (χ4v) is 2.71. The summed E-state index contributed by atoms with van der Waals surface area (Å²) in [5.74, 6) is -2.78. The van der Waals surface area contributed by atoms with Gasteiger partial charge in [0, 0.05) is 37.0 Å². The average Bonchev–Trinajstić information content (AvgIpc) is 2.63. The number of carbonyl (C=O) groups is 2. The van der Waals surface area contributed by atoms with E-state index in [1.54, 1.807) is 0 Å². The van der Waals surface area contributed by atoms with E-state index in [4.69, 9.17) is 0 Å². The van der Waals surface area contributed by atoms with Gasteiger partial charge < -0.3 is 15.5 Å². The Morgan fingerprint density at radius 3 is 2.33 bits per heavy atom. The molecule has 0 saturated carbocycles. The van der Waals surface area contributed by atoms with Crippen LogP contribution in [0.5, 0.6) is 0 Å². The number of carbonyl (C=O) groups excluding carboxylic acids is 2. The van der Waals surface area contributed by atoms with Crippen molar-refractivity contribution in [2.24, 2.45) is 0 Å². The van der Waals surface area contributed by atoms with Crippen LogP contribution in [0.3, 0.4) is 0 Å². The number of benzene rings is 2. The van der Waals surface area contributed by atoms with E-state index in [9.17, 15) is 18.4 Å². The van der Waals surface area contributed by atoms with Gasteiger partial charge in [0.1, 0.15) is 11.6 Å². The van der Waals surface area contributed by atoms with Crippen LogP contribution in [0.2, 0.25) is 0 Å². The Hall–Kier alpha value is -2.96.